The van der Waals surface area contributed by atoms with Crippen molar-refractivity contribution in [2.45, 2.75) is 38.8 Å². The summed E-state index contributed by atoms with van der Waals surface area (Å²) in [5, 5.41) is 0. The summed E-state index contributed by atoms with van der Waals surface area (Å²) >= 11 is 0. The monoisotopic (exact) mass is 337 g/mol. The molecule has 0 aromatic heterocycles. The van der Waals surface area contributed by atoms with Crippen LogP contribution in [-0.4, -0.2) is 47.9 Å². The number of carbonyl (C=O) groups is 1. The van der Waals surface area contributed by atoms with Crippen LogP contribution in [0.2, 0.25) is 0 Å². The predicted octanol–water partition coefficient (Wildman–Crippen LogP) is 2.27. The molecule has 1 aromatic carbocycles. The summed E-state index contributed by atoms with van der Waals surface area (Å²) in [7, 11) is 0. The van der Waals surface area contributed by atoms with Crippen LogP contribution in [0.15, 0.2) is 30.3 Å². The molecular formula is C18H28ClN3O. The quantitative estimate of drug-likeness (QED) is 0.920. The SMILES string of the molecule is CC(N)C(=O)N1CCC2(CCN(Cc3ccccc3)C2)CC1.Cl. The third-order valence-electron chi connectivity index (χ3n) is 5.29. The first-order valence-corrected chi connectivity index (χ1v) is 8.39. The van der Waals surface area contributed by atoms with Crippen molar-refractivity contribution >= 4 is 18.3 Å². The van der Waals surface area contributed by atoms with Crippen LogP contribution in [0.25, 0.3) is 0 Å². The van der Waals surface area contributed by atoms with Crippen molar-refractivity contribution in [1.82, 2.24) is 9.80 Å². The van der Waals surface area contributed by atoms with Crippen molar-refractivity contribution in [2.75, 3.05) is 26.2 Å². The van der Waals surface area contributed by atoms with Gasteiger partial charge >= 0.3 is 0 Å². The van der Waals surface area contributed by atoms with Gasteiger partial charge in [0, 0.05) is 26.2 Å². The van der Waals surface area contributed by atoms with Gasteiger partial charge in [-0.05, 0) is 43.7 Å². The Morgan fingerprint density at radius 3 is 2.39 bits per heavy atom. The van der Waals surface area contributed by atoms with E-state index in [1.807, 2.05) is 4.90 Å². The van der Waals surface area contributed by atoms with Crippen LogP contribution in [0.1, 0.15) is 31.7 Å². The summed E-state index contributed by atoms with van der Waals surface area (Å²) in [4.78, 5) is 16.5. The largest absolute Gasteiger partial charge is 0.341 e. The van der Waals surface area contributed by atoms with Crippen LogP contribution in [0, 0.1) is 5.41 Å². The second-order valence-corrected chi connectivity index (χ2v) is 7.06. The fraction of sp³-hybridized carbons (Fsp3) is 0.611. The summed E-state index contributed by atoms with van der Waals surface area (Å²) in [6.45, 7) is 6.92. The van der Waals surface area contributed by atoms with E-state index < -0.39 is 0 Å². The van der Waals surface area contributed by atoms with E-state index >= 15 is 0 Å². The van der Waals surface area contributed by atoms with Gasteiger partial charge in [-0.25, -0.2) is 0 Å². The zero-order valence-corrected chi connectivity index (χ0v) is 14.7. The Bertz CT molecular complexity index is 512. The van der Waals surface area contributed by atoms with Gasteiger partial charge in [0.2, 0.25) is 5.91 Å². The molecule has 0 radical (unpaired) electrons. The van der Waals surface area contributed by atoms with Gasteiger partial charge in [0.1, 0.15) is 0 Å². The molecule has 1 spiro atoms. The number of carbonyl (C=O) groups excluding carboxylic acids is 1. The summed E-state index contributed by atoms with van der Waals surface area (Å²) in [5.74, 6) is 0.106. The highest BCUT2D eigenvalue weighted by Gasteiger charge is 2.41. The number of nitrogens with two attached hydrogens (primary N) is 1. The smallest absolute Gasteiger partial charge is 0.239 e. The Morgan fingerprint density at radius 1 is 1.17 bits per heavy atom. The number of nitrogens with zero attached hydrogens (tertiary/aromatic N) is 2. The highest BCUT2D eigenvalue weighted by atomic mass is 35.5. The van der Waals surface area contributed by atoms with Crippen molar-refractivity contribution in [3.63, 3.8) is 0 Å². The summed E-state index contributed by atoms with van der Waals surface area (Å²) in [6.07, 6.45) is 3.51. The lowest BCUT2D eigenvalue weighted by Gasteiger charge is -2.40. The summed E-state index contributed by atoms with van der Waals surface area (Å²) in [5.41, 5.74) is 7.53. The summed E-state index contributed by atoms with van der Waals surface area (Å²) < 4.78 is 0. The van der Waals surface area contributed by atoms with E-state index in [1.54, 1.807) is 6.92 Å². The van der Waals surface area contributed by atoms with Crippen molar-refractivity contribution < 1.29 is 4.79 Å². The molecule has 0 aliphatic carbocycles. The standard InChI is InChI=1S/C18H27N3O.ClH/c1-15(19)17(22)21-11-8-18(9-12-21)7-10-20(14-18)13-16-5-3-2-4-6-16;/h2-6,15H,7-14,19H2,1H3;1H. The molecule has 2 aliphatic heterocycles. The molecule has 2 fully saturated rings. The van der Waals surface area contributed by atoms with Gasteiger partial charge in [-0.1, -0.05) is 30.3 Å². The Labute approximate surface area is 145 Å². The van der Waals surface area contributed by atoms with Crippen LogP contribution >= 0.6 is 12.4 Å². The number of piperidine rings is 1. The van der Waals surface area contributed by atoms with Crippen LogP contribution < -0.4 is 5.73 Å². The molecule has 1 unspecified atom stereocenters. The Hall–Kier alpha value is -1.10. The van der Waals surface area contributed by atoms with Crippen LogP contribution in [0.4, 0.5) is 0 Å². The lowest BCUT2D eigenvalue weighted by atomic mass is 9.77. The van der Waals surface area contributed by atoms with Gasteiger partial charge in [0.05, 0.1) is 6.04 Å². The Balaban J connectivity index is 0.00000192. The third kappa shape index (κ3) is 4.25. The maximum Gasteiger partial charge on any atom is 0.239 e. The van der Waals surface area contributed by atoms with Crippen LogP contribution in [-0.2, 0) is 11.3 Å². The maximum absolute atomic E-state index is 12.0. The number of hydrogen-bond donors (Lipinski definition) is 1. The highest BCUT2D eigenvalue weighted by molar-refractivity contribution is 5.85. The molecule has 128 valence electrons. The molecule has 4 nitrogen and oxygen atoms in total. The predicted molar refractivity (Wildman–Crippen MR) is 95.5 cm³/mol. The number of halogens is 1. The van der Waals surface area contributed by atoms with Gasteiger partial charge < -0.3 is 10.6 Å². The van der Waals surface area contributed by atoms with Gasteiger partial charge in [0.25, 0.3) is 0 Å². The molecule has 1 aromatic rings. The zero-order chi connectivity index (χ0) is 15.6. The molecule has 1 atom stereocenters. The summed E-state index contributed by atoms with van der Waals surface area (Å²) in [6, 6.07) is 10.3. The molecule has 2 saturated heterocycles. The van der Waals surface area contributed by atoms with Crippen molar-refractivity contribution in [3.05, 3.63) is 35.9 Å². The van der Waals surface area contributed by atoms with E-state index in [9.17, 15) is 4.79 Å². The van der Waals surface area contributed by atoms with E-state index in [1.165, 1.54) is 25.1 Å². The Morgan fingerprint density at radius 2 is 1.78 bits per heavy atom. The van der Waals surface area contributed by atoms with Crippen molar-refractivity contribution in [3.8, 4) is 0 Å². The molecule has 23 heavy (non-hydrogen) atoms. The molecule has 2 heterocycles. The zero-order valence-electron chi connectivity index (χ0n) is 13.9. The lowest BCUT2D eigenvalue weighted by molar-refractivity contribution is -0.134. The molecule has 5 heteroatoms. The van der Waals surface area contributed by atoms with Gasteiger partial charge in [-0.2, -0.15) is 0 Å². The minimum Gasteiger partial charge on any atom is -0.341 e. The molecule has 0 bridgehead atoms. The van der Waals surface area contributed by atoms with Gasteiger partial charge in [0.15, 0.2) is 0 Å². The fourth-order valence-electron chi connectivity index (χ4n) is 3.90. The minimum absolute atomic E-state index is 0. The Kier molecular flexibility index (Phi) is 6.06. The first-order valence-electron chi connectivity index (χ1n) is 8.39. The number of hydrogen-bond acceptors (Lipinski definition) is 3. The van der Waals surface area contributed by atoms with Gasteiger partial charge in [-0.15, -0.1) is 12.4 Å². The minimum atomic E-state index is -0.368. The molecule has 0 saturated carbocycles. The average molecular weight is 338 g/mol. The van der Waals surface area contributed by atoms with E-state index in [0.717, 1.165) is 32.5 Å². The normalized spacial score (nSPS) is 21.9. The number of benzene rings is 1. The van der Waals surface area contributed by atoms with Crippen molar-refractivity contribution in [1.29, 1.82) is 0 Å². The number of likely N-dealkylation sites (tertiary alicyclic amines) is 2. The van der Waals surface area contributed by atoms with Crippen LogP contribution in [0.3, 0.4) is 0 Å². The third-order valence-corrected chi connectivity index (χ3v) is 5.29. The van der Waals surface area contributed by atoms with E-state index in [4.69, 9.17) is 5.73 Å². The molecule has 2 N–H and O–H groups in total. The average Bonchev–Trinajstić information content (AvgIpc) is 2.91. The van der Waals surface area contributed by atoms with Gasteiger partial charge in [-0.3, -0.25) is 9.69 Å². The molecule has 1 amide bonds. The second kappa shape index (κ2) is 7.65. The molecule has 3 rings (SSSR count). The van der Waals surface area contributed by atoms with Crippen LogP contribution in [0.5, 0.6) is 0 Å². The fourth-order valence-corrected chi connectivity index (χ4v) is 3.90. The lowest BCUT2D eigenvalue weighted by Crippen LogP contribution is -2.49. The first-order chi connectivity index (χ1) is 10.6. The topological polar surface area (TPSA) is 49.6 Å². The number of rotatable bonds is 3. The van der Waals surface area contributed by atoms with E-state index in [0.29, 0.717) is 5.41 Å². The maximum atomic E-state index is 12.0. The highest BCUT2D eigenvalue weighted by Crippen LogP contribution is 2.40. The first kappa shape index (κ1) is 18.2. The van der Waals surface area contributed by atoms with E-state index in [2.05, 4.69) is 35.2 Å². The van der Waals surface area contributed by atoms with Crippen molar-refractivity contribution in [2.24, 2.45) is 11.1 Å². The van der Waals surface area contributed by atoms with E-state index in [-0.39, 0.29) is 24.4 Å². The molecule has 2 aliphatic rings. The second-order valence-electron chi connectivity index (χ2n) is 7.06. The number of amides is 1. The molecular weight excluding hydrogens is 310 g/mol.